The second-order valence-electron chi connectivity index (χ2n) is 11.2. The molecule has 4 rings (SSSR count). The monoisotopic (exact) mass is 596 g/mol. The molecule has 0 atom stereocenters. The van der Waals surface area contributed by atoms with Gasteiger partial charge in [0.15, 0.2) is 0 Å². The van der Waals surface area contributed by atoms with Crippen molar-refractivity contribution in [3.8, 4) is 0 Å². The standard InChI is InChI=1S/C10H13.2C9H11.C7H5O.Sn/c1-7-5-8(2)10(4)9(3)6-7;2*1-7-4-8(2)6-9(3)5-7;8-6-7-4-2-1-3-5-7;/h5-6H,4H2,1-3H3;2*4-5H,1-3H3;1-5H;. The number of rotatable bonds is 6. The van der Waals surface area contributed by atoms with Gasteiger partial charge in [0.2, 0.25) is 0 Å². The SMILES string of the molecule is Cc1cc(C)c([CH2][Sn]([C](=O)c2ccccc2)([c]2c(C)cc(C)cc2C)[c]2c(C)cc(C)cc2C)c(C)c1. The number of carbonyl (C=O) groups excluding carboxylic acids is 1. The van der Waals surface area contributed by atoms with Gasteiger partial charge in [-0.3, -0.25) is 0 Å². The summed E-state index contributed by atoms with van der Waals surface area (Å²) in [5, 5.41) is 0. The number of benzene rings is 4. The quantitative estimate of drug-likeness (QED) is 0.215. The fourth-order valence-electron chi connectivity index (χ4n) is 6.91. The number of carbonyl (C=O) groups is 1. The summed E-state index contributed by atoms with van der Waals surface area (Å²) in [5.41, 5.74) is 13.6. The molecule has 0 aromatic heterocycles. The van der Waals surface area contributed by atoms with Crippen molar-refractivity contribution >= 4 is 29.3 Å². The molecule has 0 fully saturated rings. The van der Waals surface area contributed by atoms with Crippen molar-refractivity contribution in [2.24, 2.45) is 0 Å². The van der Waals surface area contributed by atoms with Gasteiger partial charge in [-0.15, -0.1) is 0 Å². The van der Waals surface area contributed by atoms with E-state index in [1.54, 1.807) is 0 Å². The first-order chi connectivity index (χ1) is 17.5. The van der Waals surface area contributed by atoms with Crippen LogP contribution in [0.3, 0.4) is 0 Å². The Morgan fingerprint density at radius 3 is 1.27 bits per heavy atom. The summed E-state index contributed by atoms with van der Waals surface area (Å²) in [4.78, 5) is 15.2. The Balaban J connectivity index is 2.22. The van der Waals surface area contributed by atoms with Crippen LogP contribution in [-0.4, -0.2) is 22.2 Å². The van der Waals surface area contributed by atoms with E-state index < -0.39 is 18.4 Å². The van der Waals surface area contributed by atoms with Gasteiger partial charge in [-0.25, -0.2) is 0 Å². The topological polar surface area (TPSA) is 17.1 Å². The summed E-state index contributed by atoms with van der Waals surface area (Å²) in [5.74, 6) is 0. The summed E-state index contributed by atoms with van der Waals surface area (Å²) < 4.78 is 3.90. The Hall–Kier alpha value is -2.65. The number of aryl methyl sites for hydroxylation is 9. The molecule has 0 radical (unpaired) electrons. The zero-order chi connectivity index (χ0) is 27.1. The molecule has 37 heavy (non-hydrogen) atoms. The van der Waals surface area contributed by atoms with Gasteiger partial charge in [0.1, 0.15) is 0 Å². The Morgan fingerprint density at radius 2 is 0.892 bits per heavy atom. The van der Waals surface area contributed by atoms with E-state index in [0.717, 1.165) is 10.0 Å². The van der Waals surface area contributed by atoms with Crippen LogP contribution in [-0.2, 0) is 4.44 Å². The molecule has 0 aliphatic heterocycles. The van der Waals surface area contributed by atoms with Gasteiger partial charge in [0.05, 0.1) is 0 Å². The summed E-state index contributed by atoms with van der Waals surface area (Å²) >= 11 is -4.21. The zero-order valence-corrected chi connectivity index (χ0v) is 26.8. The summed E-state index contributed by atoms with van der Waals surface area (Å²) in [6, 6.07) is 23.8. The minimum atomic E-state index is -4.21. The van der Waals surface area contributed by atoms with Crippen LogP contribution in [0.5, 0.6) is 0 Å². The predicted molar refractivity (Wildman–Crippen MR) is 161 cm³/mol. The van der Waals surface area contributed by atoms with Crippen LogP contribution in [0.2, 0.25) is 0 Å². The van der Waals surface area contributed by atoms with E-state index in [1.165, 1.54) is 62.8 Å². The first-order valence-electron chi connectivity index (χ1n) is 13.3. The molecule has 0 N–H and O–H groups in total. The van der Waals surface area contributed by atoms with Gasteiger partial charge in [0.25, 0.3) is 0 Å². The van der Waals surface area contributed by atoms with Crippen LogP contribution >= 0.6 is 0 Å². The van der Waals surface area contributed by atoms with E-state index in [0.29, 0.717) is 3.80 Å². The molecule has 0 bridgehead atoms. The average Bonchev–Trinajstić information content (AvgIpc) is 2.79. The molecule has 0 spiro atoms. The predicted octanol–water partition coefficient (Wildman–Crippen LogP) is 7.23. The average molecular weight is 595 g/mol. The minimum absolute atomic E-state index is 0.374. The molecule has 4 aromatic carbocycles. The van der Waals surface area contributed by atoms with Crippen molar-refractivity contribution in [2.75, 3.05) is 0 Å². The van der Waals surface area contributed by atoms with Gasteiger partial charge >= 0.3 is 229 Å². The Kier molecular flexibility index (Phi) is 7.85. The van der Waals surface area contributed by atoms with E-state index in [-0.39, 0.29) is 0 Å². The molecular weight excluding hydrogens is 555 g/mol. The van der Waals surface area contributed by atoms with E-state index >= 15 is 4.79 Å². The molecule has 0 saturated heterocycles. The Morgan fingerprint density at radius 1 is 0.541 bits per heavy atom. The normalized spacial score (nSPS) is 11.6. The molecule has 2 heteroatoms. The fraction of sp³-hybridized carbons (Fsp3) is 0.286. The van der Waals surface area contributed by atoms with Crippen molar-refractivity contribution in [2.45, 2.75) is 66.8 Å². The van der Waals surface area contributed by atoms with Crippen molar-refractivity contribution < 1.29 is 4.79 Å². The first-order valence-corrected chi connectivity index (χ1v) is 19.6. The van der Waals surface area contributed by atoms with Crippen LogP contribution < -0.4 is 7.16 Å². The third-order valence-corrected chi connectivity index (χ3v) is 22.8. The second-order valence-corrected chi connectivity index (χ2v) is 21.5. The molecule has 190 valence electrons. The number of hydrogen-bond donors (Lipinski definition) is 0. The van der Waals surface area contributed by atoms with Gasteiger partial charge in [0, 0.05) is 0 Å². The summed E-state index contributed by atoms with van der Waals surface area (Å²) in [6.45, 7) is 19.9. The van der Waals surface area contributed by atoms with Crippen LogP contribution in [0.1, 0.15) is 66.0 Å². The van der Waals surface area contributed by atoms with Gasteiger partial charge in [-0.05, 0) is 0 Å². The summed E-state index contributed by atoms with van der Waals surface area (Å²) in [6.07, 6.45) is 0. The molecule has 0 heterocycles. The fourth-order valence-corrected chi connectivity index (χ4v) is 23.9. The molecule has 1 nitrogen and oxygen atoms in total. The molecule has 4 aromatic rings. The molecule has 0 unspecified atom stereocenters. The van der Waals surface area contributed by atoms with E-state index in [4.69, 9.17) is 0 Å². The van der Waals surface area contributed by atoms with Crippen LogP contribution in [0.25, 0.3) is 0 Å². The second kappa shape index (κ2) is 10.6. The third-order valence-electron chi connectivity index (χ3n) is 7.91. The van der Waals surface area contributed by atoms with Crippen molar-refractivity contribution in [3.05, 3.63) is 128 Å². The Labute approximate surface area is 227 Å². The number of hydrogen-bond acceptors (Lipinski definition) is 1. The molecule has 0 aliphatic rings. The van der Waals surface area contributed by atoms with Gasteiger partial charge in [-0.1, -0.05) is 0 Å². The third kappa shape index (κ3) is 5.08. The first kappa shape index (κ1) is 27.4. The van der Waals surface area contributed by atoms with Crippen LogP contribution in [0, 0.1) is 62.3 Å². The van der Waals surface area contributed by atoms with Crippen molar-refractivity contribution in [1.82, 2.24) is 0 Å². The van der Waals surface area contributed by atoms with E-state index in [9.17, 15) is 0 Å². The summed E-state index contributed by atoms with van der Waals surface area (Å²) in [7, 11) is 0. The van der Waals surface area contributed by atoms with Gasteiger partial charge < -0.3 is 0 Å². The van der Waals surface area contributed by atoms with Gasteiger partial charge in [-0.2, -0.15) is 0 Å². The van der Waals surface area contributed by atoms with E-state index in [2.05, 4.69) is 98.7 Å². The molecular formula is C35H40OSn. The molecule has 0 amide bonds. The molecule has 0 saturated carbocycles. The maximum atomic E-state index is 15.2. The molecule has 0 aliphatic carbocycles. The van der Waals surface area contributed by atoms with Crippen molar-refractivity contribution in [3.63, 3.8) is 0 Å². The zero-order valence-electron chi connectivity index (χ0n) is 24.0. The van der Waals surface area contributed by atoms with Crippen molar-refractivity contribution in [1.29, 1.82) is 0 Å². The van der Waals surface area contributed by atoms with Crippen LogP contribution in [0.15, 0.2) is 66.7 Å². The maximum absolute atomic E-state index is 15.2. The Bertz CT molecular complexity index is 1370. The van der Waals surface area contributed by atoms with Crippen LogP contribution in [0.4, 0.5) is 0 Å². The van der Waals surface area contributed by atoms with E-state index in [1.807, 2.05) is 30.3 Å².